The highest BCUT2D eigenvalue weighted by Crippen LogP contribution is 2.14. The summed E-state index contributed by atoms with van der Waals surface area (Å²) < 4.78 is 0. The highest BCUT2D eigenvalue weighted by Gasteiger charge is 2.07. The van der Waals surface area contributed by atoms with Crippen molar-refractivity contribution in [2.24, 2.45) is 5.73 Å². The first-order valence-corrected chi connectivity index (χ1v) is 6.42. The van der Waals surface area contributed by atoms with Gasteiger partial charge in [-0.2, -0.15) is 0 Å². The van der Waals surface area contributed by atoms with Gasteiger partial charge in [0.2, 0.25) is 0 Å². The first-order valence-electron chi connectivity index (χ1n) is 6.42. The van der Waals surface area contributed by atoms with Crippen molar-refractivity contribution in [1.29, 1.82) is 5.41 Å². The summed E-state index contributed by atoms with van der Waals surface area (Å²) in [5, 5.41) is 7.47. The molecule has 3 N–H and O–H groups in total. The van der Waals surface area contributed by atoms with Gasteiger partial charge in [0.1, 0.15) is 11.7 Å². The molecule has 0 radical (unpaired) electrons. The number of aryl methyl sites for hydroxylation is 2. The number of nitrogens with two attached hydrogens (primary N) is 1. The summed E-state index contributed by atoms with van der Waals surface area (Å²) in [5.74, 6) is 0.918. The van der Waals surface area contributed by atoms with E-state index >= 15 is 0 Å². The molecule has 0 fully saturated rings. The van der Waals surface area contributed by atoms with Crippen molar-refractivity contribution in [3.05, 3.63) is 53.0 Å². The Morgan fingerprint density at radius 3 is 2.70 bits per heavy atom. The van der Waals surface area contributed by atoms with Crippen molar-refractivity contribution in [3.63, 3.8) is 0 Å². The average Bonchev–Trinajstić information content (AvgIpc) is 2.42. The Morgan fingerprint density at radius 2 is 2.05 bits per heavy atom. The molecule has 0 atom stereocenters. The monoisotopic (exact) mass is 269 g/mol. The Morgan fingerprint density at radius 1 is 1.30 bits per heavy atom. The van der Waals surface area contributed by atoms with Gasteiger partial charge < -0.3 is 10.6 Å². The van der Waals surface area contributed by atoms with Crippen LogP contribution in [0.5, 0.6) is 0 Å². The molecular weight excluding hydrogens is 250 g/mol. The maximum Gasteiger partial charge on any atom is 0.147 e. The fraction of sp³-hybridized carbons (Fsp3) is 0.267. The van der Waals surface area contributed by atoms with Crippen LogP contribution in [0.25, 0.3) is 0 Å². The lowest BCUT2D eigenvalue weighted by molar-refractivity contribution is 0.875. The fourth-order valence-electron chi connectivity index (χ4n) is 1.91. The summed E-state index contributed by atoms with van der Waals surface area (Å²) >= 11 is 0. The lowest BCUT2D eigenvalue weighted by Gasteiger charge is -2.19. The minimum absolute atomic E-state index is 0.0838. The van der Waals surface area contributed by atoms with E-state index in [1.807, 2.05) is 50.1 Å². The number of nitrogens with zero attached hydrogens (tertiary/aromatic N) is 3. The van der Waals surface area contributed by atoms with E-state index in [2.05, 4.69) is 9.97 Å². The standard InChI is InChI=1S/C15H19N5/c1-10-11(2)19-14(8-18-10)20(3)9-12-5-4-6-13(7-12)15(16)17/h4-8H,9H2,1-3H3,(H3,16,17). The summed E-state index contributed by atoms with van der Waals surface area (Å²) in [4.78, 5) is 10.9. The molecule has 1 aromatic heterocycles. The zero-order valence-electron chi connectivity index (χ0n) is 12.0. The van der Waals surface area contributed by atoms with Crippen LogP contribution in [-0.2, 0) is 6.54 Å². The number of rotatable bonds is 4. The first-order chi connectivity index (χ1) is 9.47. The quantitative estimate of drug-likeness (QED) is 0.657. The van der Waals surface area contributed by atoms with Gasteiger partial charge in [0, 0.05) is 19.2 Å². The van der Waals surface area contributed by atoms with Crippen molar-refractivity contribution in [2.45, 2.75) is 20.4 Å². The molecule has 2 aromatic rings. The third-order valence-corrected chi connectivity index (χ3v) is 3.23. The minimum Gasteiger partial charge on any atom is -0.384 e. The van der Waals surface area contributed by atoms with Gasteiger partial charge in [0.15, 0.2) is 0 Å². The third-order valence-electron chi connectivity index (χ3n) is 3.23. The molecule has 104 valence electrons. The topological polar surface area (TPSA) is 78.9 Å². The molecule has 20 heavy (non-hydrogen) atoms. The molecule has 1 heterocycles. The molecule has 0 aliphatic carbocycles. The van der Waals surface area contributed by atoms with Crippen LogP contribution >= 0.6 is 0 Å². The predicted molar refractivity (Wildman–Crippen MR) is 81.1 cm³/mol. The molecule has 0 spiro atoms. The second-order valence-electron chi connectivity index (χ2n) is 4.87. The van der Waals surface area contributed by atoms with Crippen LogP contribution in [0.3, 0.4) is 0 Å². The number of hydrogen-bond acceptors (Lipinski definition) is 4. The fourth-order valence-corrected chi connectivity index (χ4v) is 1.91. The van der Waals surface area contributed by atoms with E-state index in [0.717, 1.165) is 28.3 Å². The van der Waals surface area contributed by atoms with Crippen LogP contribution in [-0.4, -0.2) is 22.9 Å². The molecule has 0 amide bonds. The maximum atomic E-state index is 7.47. The van der Waals surface area contributed by atoms with Crippen LogP contribution < -0.4 is 10.6 Å². The molecule has 0 saturated heterocycles. The Hall–Kier alpha value is -2.43. The predicted octanol–water partition coefficient (Wildman–Crippen LogP) is 2.01. The van der Waals surface area contributed by atoms with Crippen LogP contribution in [0.1, 0.15) is 22.5 Å². The van der Waals surface area contributed by atoms with E-state index in [1.54, 1.807) is 6.20 Å². The van der Waals surface area contributed by atoms with Crippen molar-refractivity contribution >= 4 is 11.7 Å². The number of nitrogen functional groups attached to an aromatic ring is 1. The van der Waals surface area contributed by atoms with E-state index in [0.29, 0.717) is 6.54 Å². The van der Waals surface area contributed by atoms with Crippen LogP contribution in [0, 0.1) is 19.3 Å². The zero-order chi connectivity index (χ0) is 14.7. The molecular formula is C15H19N5. The van der Waals surface area contributed by atoms with Gasteiger partial charge in [-0.05, 0) is 25.5 Å². The van der Waals surface area contributed by atoms with E-state index in [4.69, 9.17) is 11.1 Å². The number of anilines is 1. The van der Waals surface area contributed by atoms with E-state index < -0.39 is 0 Å². The normalized spacial score (nSPS) is 10.3. The van der Waals surface area contributed by atoms with E-state index in [1.165, 1.54) is 0 Å². The van der Waals surface area contributed by atoms with E-state index in [9.17, 15) is 0 Å². The summed E-state index contributed by atoms with van der Waals surface area (Å²) in [6, 6.07) is 7.68. The summed E-state index contributed by atoms with van der Waals surface area (Å²) in [7, 11) is 1.97. The van der Waals surface area contributed by atoms with Gasteiger partial charge in [-0.3, -0.25) is 10.4 Å². The van der Waals surface area contributed by atoms with Gasteiger partial charge in [-0.15, -0.1) is 0 Å². The number of hydrogen-bond donors (Lipinski definition) is 2. The molecule has 0 aliphatic rings. The first kappa shape index (κ1) is 14.0. The lowest BCUT2D eigenvalue weighted by atomic mass is 10.1. The smallest absolute Gasteiger partial charge is 0.147 e. The molecule has 2 rings (SSSR count). The molecule has 0 saturated carbocycles. The number of aromatic nitrogens is 2. The van der Waals surface area contributed by atoms with Crippen molar-refractivity contribution in [1.82, 2.24) is 9.97 Å². The molecule has 0 aliphatic heterocycles. The highest BCUT2D eigenvalue weighted by molar-refractivity contribution is 5.95. The summed E-state index contributed by atoms with van der Waals surface area (Å²) in [6.07, 6.45) is 1.77. The Bertz CT molecular complexity index is 636. The van der Waals surface area contributed by atoms with Gasteiger partial charge >= 0.3 is 0 Å². The van der Waals surface area contributed by atoms with Crippen molar-refractivity contribution in [2.75, 3.05) is 11.9 Å². The lowest BCUT2D eigenvalue weighted by Crippen LogP contribution is -2.19. The third kappa shape index (κ3) is 3.12. The SMILES string of the molecule is Cc1ncc(N(C)Cc2cccc(C(=N)N)c2)nc1C. The van der Waals surface area contributed by atoms with Gasteiger partial charge in [0.25, 0.3) is 0 Å². The number of benzene rings is 1. The van der Waals surface area contributed by atoms with Crippen molar-refractivity contribution < 1.29 is 0 Å². The largest absolute Gasteiger partial charge is 0.384 e. The van der Waals surface area contributed by atoms with Crippen LogP contribution in [0.4, 0.5) is 5.82 Å². The summed E-state index contributed by atoms with van der Waals surface area (Å²) in [6.45, 7) is 4.59. The van der Waals surface area contributed by atoms with E-state index in [-0.39, 0.29) is 5.84 Å². The molecule has 0 unspecified atom stereocenters. The van der Waals surface area contributed by atoms with Gasteiger partial charge in [0.05, 0.1) is 17.6 Å². The van der Waals surface area contributed by atoms with Crippen LogP contribution in [0.15, 0.2) is 30.5 Å². The zero-order valence-corrected chi connectivity index (χ0v) is 12.0. The maximum absolute atomic E-state index is 7.47. The Labute approximate surface area is 119 Å². The second kappa shape index (κ2) is 5.69. The molecule has 5 nitrogen and oxygen atoms in total. The second-order valence-corrected chi connectivity index (χ2v) is 4.87. The molecule has 5 heteroatoms. The van der Waals surface area contributed by atoms with Gasteiger partial charge in [-0.25, -0.2) is 4.98 Å². The van der Waals surface area contributed by atoms with Gasteiger partial charge in [-0.1, -0.05) is 18.2 Å². The number of amidine groups is 1. The number of nitrogens with one attached hydrogen (secondary N) is 1. The minimum atomic E-state index is 0.0838. The Kier molecular flexibility index (Phi) is 3.98. The van der Waals surface area contributed by atoms with Crippen molar-refractivity contribution in [3.8, 4) is 0 Å². The van der Waals surface area contributed by atoms with Crippen LogP contribution in [0.2, 0.25) is 0 Å². The molecule has 1 aromatic carbocycles. The molecule has 0 bridgehead atoms. The summed E-state index contributed by atoms with van der Waals surface area (Å²) in [5.41, 5.74) is 9.21. The highest BCUT2D eigenvalue weighted by atomic mass is 15.2. The Balaban J connectivity index is 2.18. The average molecular weight is 269 g/mol.